The molecule has 1 aromatic carbocycles. The molecule has 0 N–H and O–H groups in total. The molecule has 0 fully saturated rings. The van der Waals surface area contributed by atoms with Gasteiger partial charge in [-0.05, 0) is 18.4 Å². The van der Waals surface area contributed by atoms with Gasteiger partial charge in [0, 0.05) is 11.6 Å². The number of carbonyl (C=O) groups is 1. The van der Waals surface area contributed by atoms with Crippen LogP contribution in [0.4, 0.5) is 0 Å². The first-order chi connectivity index (χ1) is 9.79. The molecule has 0 saturated heterocycles. The van der Waals surface area contributed by atoms with E-state index in [0.717, 1.165) is 0 Å². The van der Waals surface area contributed by atoms with Crippen molar-refractivity contribution in [1.82, 2.24) is 0 Å². The Morgan fingerprint density at radius 2 is 1.85 bits per heavy atom. The normalized spacial score (nSPS) is 10.7. The van der Waals surface area contributed by atoms with Gasteiger partial charge in [-0.2, -0.15) is 0 Å². The molecular weight excluding hydrogens is 272 g/mol. The van der Waals surface area contributed by atoms with Gasteiger partial charge in [0.05, 0.1) is 11.8 Å². The lowest BCUT2D eigenvalue weighted by Crippen LogP contribution is -2.00. The second kappa shape index (κ2) is 5.43. The number of hydrogen-bond acceptors (Lipinski definition) is 4. The van der Waals surface area contributed by atoms with E-state index < -0.39 is 0 Å². The number of carbonyl (C=O) groups excluding carboxylic acids is 1. The molecule has 0 aliphatic carbocycles. The smallest absolute Gasteiger partial charge is 0.197 e. The number of hydrogen-bond donors (Lipinski definition) is 0. The largest absolute Gasteiger partial charge is 0.461 e. The van der Waals surface area contributed by atoms with E-state index in [0.29, 0.717) is 27.7 Å². The third-order valence-electron chi connectivity index (χ3n) is 2.93. The van der Waals surface area contributed by atoms with Gasteiger partial charge in [0.15, 0.2) is 22.4 Å². The number of benzene rings is 1. The minimum absolute atomic E-state index is 0.0449. The van der Waals surface area contributed by atoms with E-state index in [1.807, 2.05) is 24.5 Å². The van der Waals surface area contributed by atoms with Gasteiger partial charge in [0.2, 0.25) is 0 Å². The summed E-state index contributed by atoms with van der Waals surface area (Å²) >= 11 is 1.41. The van der Waals surface area contributed by atoms with Crippen LogP contribution in [-0.4, -0.2) is 12.0 Å². The standard InChI is InChI=1S/C16H12O3S/c1-20-16-12(15(17)11-6-3-2-4-7-11)10-14(19-16)13-8-5-9-18-13/h2-10H,1H3. The van der Waals surface area contributed by atoms with Gasteiger partial charge in [0.25, 0.3) is 0 Å². The van der Waals surface area contributed by atoms with Crippen LogP contribution in [0.5, 0.6) is 0 Å². The van der Waals surface area contributed by atoms with Crippen molar-refractivity contribution < 1.29 is 13.6 Å². The quantitative estimate of drug-likeness (QED) is 0.523. The molecule has 20 heavy (non-hydrogen) atoms. The van der Waals surface area contributed by atoms with Crippen molar-refractivity contribution in [2.75, 3.05) is 6.26 Å². The molecule has 0 unspecified atom stereocenters. The van der Waals surface area contributed by atoms with Crippen LogP contribution in [0, 0.1) is 0 Å². The summed E-state index contributed by atoms with van der Waals surface area (Å²) in [7, 11) is 0. The van der Waals surface area contributed by atoms with E-state index >= 15 is 0 Å². The molecule has 0 amide bonds. The first-order valence-corrected chi connectivity index (χ1v) is 7.33. The van der Waals surface area contributed by atoms with Gasteiger partial charge in [-0.1, -0.05) is 42.1 Å². The Morgan fingerprint density at radius 1 is 1.05 bits per heavy atom. The summed E-state index contributed by atoms with van der Waals surface area (Å²) in [5.41, 5.74) is 1.21. The van der Waals surface area contributed by atoms with Crippen LogP contribution in [-0.2, 0) is 0 Å². The van der Waals surface area contributed by atoms with Crippen LogP contribution in [0.2, 0.25) is 0 Å². The highest BCUT2D eigenvalue weighted by Gasteiger charge is 2.20. The van der Waals surface area contributed by atoms with Gasteiger partial charge >= 0.3 is 0 Å². The number of furan rings is 2. The molecule has 100 valence electrons. The summed E-state index contributed by atoms with van der Waals surface area (Å²) in [6.45, 7) is 0. The first kappa shape index (κ1) is 12.8. The van der Waals surface area contributed by atoms with E-state index in [-0.39, 0.29) is 5.78 Å². The van der Waals surface area contributed by atoms with Gasteiger partial charge in [-0.3, -0.25) is 4.79 Å². The number of rotatable bonds is 4. The van der Waals surface area contributed by atoms with Crippen LogP contribution >= 0.6 is 11.8 Å². The molecule has 0 spiro atoms. The molecule has 0 aliphatic heterocycles. The molecule has 0 atom stereocenters. The predicted octanol–water partition coefficient (Wildman–Crippen LogP) is 4.49. The molecule has 3 aromatic rings. The Balaban J connectivity index is 2.03. The van der Waals surface area contributed by atoms with E-state index in [4.69, 9.17) is 8.83 Å². The van der Waals surface area contributed by atoms with E-state index in [1.54, 1.807) is 36.6 Å². The monoisotopic (exact) mass is 284 g/mol. The van der Waals surface area contributed by atoms with Gasteiger partial charge in [-0.15, -0.1) is 0 Å². The molecule has 0 aliphatic rings. The minimum atomic E-state index is -0.0449. The summed E-state index contributed by atoms with van der Waals surface area (Å²) in [5.74, 6) is 1.14. The molecule has 2 aromatic heterocycles. The maximum atomic E-state index is 12.5. The lowest BCUT2D eigenvalue weighted by Gasteiger charge is -1.99. The van der Waals surface area contributed by atoms with E-state index in [9.17, 15) is 4.79 Å². The SMILES string of the molecule is CSc1oc(-c2ccco2)cc1C(=O)c1ccccc1. The highest BCUT2D eigenvalue weighted by Crippen LogP contribution is 2.32. The summed E-state index contributed by atoms with van der Waals surface area (Å²) in [6.07, 6.45) is 3.46. The van der Waals surface area contributed by atoms with Gasteiger partial charge in [0.1, 0.15) is 0 Å². The number of thioether (sulfide) groups is 1. The van der Waals surface area contributed by atoms with Crippen molar-refractivity contribution >= 4 is 17.5 Å². The molecule has 4 heteroatoms. The topological polar surface area (TPSA) is 43.4 Å². The lowest BCUT2D eigenvalue weighted by molar-refractivity contribution is 0.103. The van der Waals surface area contributed by atoms with Crippen LogP contribution < -0.4 is 0 Å². The van der Waals surface area contributed by atoms with Crippen molar-refractivity contribution in [1.29, 1.82) is 0 Å². The molecule has 3 nitrogen and oxygen atoms in total. The average molecular weight is 284 g/mol. The predicted molar refractivity (Wildman–Crippen MR) is 78.1 cm³/mol. The summed E-state index contributed by atoms with van der Waals surface area (Å²) in [4.78, 5) is 12.5. The minimum Gasteiger partial charge on any atom is -0.461 e. The first-order valence-electron chi connectivity index (χ1n) is 6.11. The summed E-state index contributed by atoms with van der Waals surface area (Å²) < 4.78 is 11.0. The second-order valence-corrected chi connectivity index (χ2v) is 4.97. The maximum absolute atomic E-state index is 12.5. The van der Waals surface area contributed by atoms with Gasteiger partial charge in [-0.25, -0.2) is 0 Å². The van der Waals surface area contributed by atoms with Crippen molar-refractivity contribution in [3.63, 3.8) is 0 Å². The fourth-order valence-electron chi connectivity index (χ4n) is 1.97. The molecule has 3 rings (SSSR count). The van der Waals surface area contributed by atoms with Crippen molar-refractivity contribution in [3.8, 4) is 11.5 Å². The second-order valence-electron chi connectivity index (χ2n) is 4.19. The molecular formula is C16H12O3S. The molecule has 2 heterocycles. The zero-order chi connectivity index (χ0) is 13.9. The Kier molecular flexibility index (Phi) is 3.48. The zero-order valence-corrected chi connectivity index (χ0v) is 11.6. The lowest BCUT2D eigenvalue weighted by atomic mass is 10.1. The molecule has 0 saturated carbocycles. The fourth-order valence-corrected chi connectivity index (χ4v) is 2.51. The van der Waals surface area contributed by atoms with Gasteiger partial charge < -0.3 is 8.83 Å². The Hall–Kier alpha value is -2.20. The average Bonchev–Trinajstić information content (AvgIpc) is 3.16. The zero-order valence-electron chi connectivity index (χ0n) is 10.8. The van der Waals surface area contributed by atoms with Crippen LogP contribution in [0.3, 0.4) is 0 Å². The fraction of sp³-hybridized carbons (Fsp3) is 0.0625. The summed E-state index contributed by atoms with van der Waals surface area (Å²) in [5, 5.41) is 0.602. The highest BCUT2D eigenvalue weighted by molar-refractivity contribution is 7.98. The van der Waals surface area contributed by atoms with Crippen LogP contribution in [0.15, 0.2) is 68.7 Å². The Morgan fingerprint density at radius 3 is 2.50 bits per heavy atom. The van der Waals surface area contributed by atoms with Crippen molar-refractivity contribution in [3.05, 3.63) is 65.9 Å². The Bertz CT molecular complexity index is 712. The highest BCUT2D eigenvalue weighted by atomic mass is 32.2. The molecule has 0 bridgehead atoms. The number of ketones is 1. The Labute approximate surface area is 120 Å². The third kappa shape index (κ3) is 2.30. The van der Waals surface area contributed by atoms with Crippen LogP contribution in [0.25, 0.3) is 11.5 Å². The van der Waals surface area contributed by atoms with E-state index in [2.05, 4.69) is 0 Å². The van der Waals surface area contributed by atoms with Crippen molar-refractivity contribution in [2.24, 2.45) is 0 Å². The van der Waals surface area contributed by atoms with Crippen molar-refractivity contribution in [2.45, 2.75) is 5.09 Å². The van der Waals surface area contributed by atoms with Crippen LogP contribution in [0.1, 0.15) is 15.9 Å². The maximum Gasteiger partial charge on any atom is 0.197 e. The third-order valence-corrected chi connectivity index (χ3v) is 3.60. The molecule has 0 radical (unpaired) electrons. The summed E-state index contributed by atoms with van der Waals surface area (Å²) in [6, 6.07) is 14.5. The van der Waals surface area contributed by atoms with E-state index in [1.165, 1.54) is 11.8 Å².